The SMILES string of the molecule is Cc1ccc(C(O)CNC(=O)Nc2ccccc2Cl)o1. The number of aliphatic hydroxyl groups excluding tert-OH is 1. The Hall–Kier alpha value is -1.98. The second kappa shape index (κ2) is 6.45. The van der Waals surface area contributed by atoms with E-state index in [4.69, 9.17) is 16.0 Å². The van der Waals surface area contributed by atoms with Crippen molar-refractivity contribution in [3.8, 4) is 0 Å². The van der Waals surface area contributed by atoms with Gasteiger partial charge in [0, 0.05) is 0 Å². The third-order valence-electron chi connectivity index (χ3n) is 2.67. The monoisotopic (exact) mass is 294 g/mol. The minimum Gasteiger partial charge on any atom is -0.464 e. The van der Waals surface area contributed by atoms with Crippen LogP contribution in [0.2, 0.25) is 5.02 Å². The van der Waals surface area contributed by atoms with E-state index in [2.05, 4.69) is 10.6 Å². The van der Waals surface area contributed by atoms with Gasteiger partial charge in [-0.25, -0.2) is 4.79 Å². The molecule has 2 aromatic rings. The lowest BCUT2D eigenvalue weighted by molar-refractivity contribution is 0.148. The first-order valence-corrected chi connectivity index (χ1v) is 6.48. The summed E-state index contributed by atoms with van der Waals surface area (Å²) in [6.07, 6.45) is -0.888. The van der Waals surface area contributed by atoms with Crippen LogP contribution in [0.4, 0.5) is 10.5 Å². The average Bonchev–Trinajstić information content (AvgIpc) is 2.85. The zero-order valence-corrected chi connectivity index (χ0v) is 11.6. The Morgan fingerprint density at radius 2 is 2.10 bits per heavy atom. The van der Waals surface area contributed by atoms with Crippen LogP contribution in [0.25, 0.3) is 0 Å². The molecule has 0 fully saturated rings. The molecule has 0 saturated carbocycles. The van der Waals surface area contributed by atoms with Crippen LogP contribution >= 0.6 is 11.6 Å². The number of carbonyl (C=O) groups is 1. The number of hydrogen-bond acceptors (Lipinski definition) is 3. The second-order valence-corrected chi connectivity index (χ2v) is 4.69. The van der Waals surface area contributed by atoms with Crippen molar-refractivity contribution < 1.29 is 14.3 Å². The van der Waals surface area contributed by atoms with Crippen molar-refractivity contribution in [2.24, 2.45) is 0 Å². The fraction of sp³-hybridized carbons (Fsp3) is 0.214. The van der Waals surface area contributed by atoms with Crippen LogP contribution in [0.3, 0.4) is 0 Å². The summed E-state index contributed by atoms with van der Waals surface area (Å²) < 4.78 is 5.27. The highest BCUT2D eigenvalue weighted by Crippen LogP contribution is 2.20. The molecule has 6 heteroatoms. The molecule has 1 atom stereocenters. The summed E-state index contributed by atoms with van der Waals surface area (Å²) >= 11 is 5.92. The maximum atomic E-state index is 11.7. The second-order valence-electron chi connectivity index (χ2n) is 4.28. The molecule has 0 bridgehead atoms. The van der Waals surface area contributed by atoms with Crippen molar-refractivity contribution in [3.05, 3.63) is 52.9 Å². The van der Waals surface area contributed by atoms with Gasteiger partial charge in [-0.1, -0.05) is 23.7 Å². The van der Waals surface area contributed by atoms with Gasteiger partial charge in [0.2, 0.25) is 0 Å². The summed E-state index contributed by atoms with van der Waals surface area (Å²) in [6, 6.07) is 9.89. The molecule has 0 aliphatic carbocycles. The summed E-state index contributed by atoms with van der Waals surface area (Å²) in [4.78, 5) is 11.7. The molecular weight excluding hydrogens is 280 g/mol. The number of aliphatic hydroxyl groups is 1. The van der Waals surface area contributed by atoms with Crippen LogP contribution in [0.5, 0.6) is 0 Å². The third-order valence-corrected chi connectivity index (χ3v) is 3.00. The third kappa shape index (κ3) is 3.76. The van der Waals surface area contributed by atoms with E-state index in [0.29, 0.717) is 22.2 Å². The molecule has 2 rings (SSSR count). The number of rotatable bonds is 4. The predicted octanol–water partition coefficient (Wildman–Crippen LogP) is 3.10. The maximum Gasteiger partial charge on any atom is 0.319 e. The van der Waals surface area contributed by atoms with Crippen LogP contribution in [-0.2, 0) is 0 Å². The normalized spacial score (nSPS) is 11.9. The van der Waals surface area contributed by atoms with Crippen LogP contribution in [-0.4, -0.2) is 17.7 Å². The van der Waals surface area contributed by atoms with Gasteiger partial charge in [0.25, 0.3) is 0 Å². The van der Waals surface area contributed by atoms with Crippen LogP contribution in [0, 0.1) is 6.92 Å². The summed E-state index contributed by atoms with van der Waals surface area (Å²) in [5.41, 5.74) is 0.509. The van der Waals surface area contributed by atoms with Gasteiger partial charge in [0.1, 0.15) is 17.6 Å². The topological polar surface area (TPSA) is 74.5 Å². The number of amides is 2. The van der Waals surface area contributed by atoms with Crippen molar-refractivity contribution >= 4 is 23.3 Å². The number of urea groups is 1. The van der Waals surface area contributed by atoms with E-state index in [1.54, 1.807) is 43.3 Å². The number of carbonyl (C=O) groups excluding carboxylic acids is 1. The molecule has 1 unspecified atom stereocenters. The fourth-order valence-corrected chi connectivity index (χ4v) is 1.83. The van der Waals surface area contributed by atoms with Crippen molar-refractivity contribution in [1.29, 1.82) is 0 Å². The first-order valence-electron chi connectivity index (χ1n) is 6.10. The first-order chi connectivity index (χ1) is 9.56. The van der Waals surface area contributed by atoms with Gasteiger partial charge in [-0.05, 0) is 31.2 Å². The van der Waals surface area contributed by atoms with E-state index < -0.39 is 12.1 Å². The molecular formula is C14H15ClN2O3. The van der Waals surface area contributed by atoms with Gasteiger partial charge in [0.05, 0.1) is 17.3 Å². The number of hydrogen-bond donors (Lipinski definition) is 3. The average molecular weight is 295 g/mol. The van der Waals surface area contributed by atoms with Crippen LogP contribution in [0.15, 0.2) is 40.8 Å². The molecule has 5 nitrogen and oxygen atoms in total. The van der Waals surface area contributed by atoms with E-state index in [9.17, 15) is 9.90 Å². The highest BCUT2D eigenvalue weighted by molar-refractivity contribution is 6.33. The van der Waals surface area contributed by atoms with Crippen molar-refractivity contribution in [3.63, 3.8) is 0 Å². The first kappa shape index (κ1) is 14.4. The van der Waals surface area contributed by atoms with Crippen molar-refractivity contribution in [2.45, 2.75) is 13.0 Å². The highest BCUT2D eigenvalue weighted by atomic mass is 35.5. The standard InChI is InChI=1S/C14H15ClN2O3/c1-9-6-7-13(20-9)12(18)8-16-14(19)17-11-5-3-2-4-10(11)15/h2-7,12,18H,8H2,1H3,(H2,16,17,19). The molecule has 3 N–H and O–H groups in total. The summed E-state index contributed by atoms with van der Waals surface area (Å²) in [5.74, 6) is 1.13. The number of nitrogens with one attached hydrogen (secondary N) is 2. The number of para-hydroxylation sites is 1. The largest absolute Gasteiger partial charge is 0.464 e. The van der Waals surface area contributed by atoms with Gasteiger partial charge >= 0.3 is 6.03 Å². The Morgan fingerprint density at radius 1 is 1.35 bits per heavy atom. The molecule has 106 valence electrons. The van der Waals surface area contributed by atoms with Gasteiger partial charge in [-0.15, -0.1) is 0 Å². The zero-order valence-electron chi connectivity index (χ0n) is 10.9. The summed E-state index contributed by atoms with van der Waals surface area (Å²) in [6.45, 7) is 1.83. The zero-order chi connectivity index (χ0) is 14.5. The lowest BCUT2D eigenvalue weighted by Gasteiger charge is -2.11. The van der Waals surface area contributed by atoms with Gasteiger partial charge < -0.3 is 20.2 Å². The molecule has 1 aromatic heterocycles. The Morgan fingerprint density at radius 3 is 2.75 bits per heavy atom. The Kier molecular flexibility index (Phi) is 4.65. The molecule has 1 aromatic carbocycles. The van der Waals surface area contributed by atoms with Gasteiger partial charge in [0.15, 0.2) is 0 Å². The number of anilines is 1. The number of aryl methyl sites for hydroxylation is 1. The number of benzene rings is 1. The molecule has 0 aliphatic rings. The minimum absolute atomic E-state index is 0.0449. The summed E-state index contributed by atoms with van der Waals surface area (Å²) in [5, 5.41) is 15.4. The van der Waals surface area contributed by atoms with E-state index in [-0.39, 0.29) is 6.54 Å². The molecule has 2 amide bonds. The van der Waals surface area contributed by atoms with E-state index in [0.717, 1.165) is 0 Å². The lowest BCUT2D eigenvalue weighted by atomic mass is 10.3. The Balaban J connectivity index is 1.85. The molecule has 1 heterocycles. The van der Waals surface area contributed by atoms with E-state index >= 15 is 0 Å². The predicted molar refractivity (Wildman–Crippen MR) is 76.9 cm³/mol. The van der Waals surface area contributed by atoms with Crippen LogP contribution in [0.1, 0.15) is 17.6 Å². The fourth-order valence-electron chi connectivity index (χ4n) is 1.65. The molecule has 0 spiro atoms. The van der Waals surface area contributed by atoms with Crippen molar-refractivity contribution in [1.82, 2.24) is 5.32 Å². The number of halogens is 1. The van der Waals surface area contributed by atoms with Crippen molar-refractivity contribution in [2.75, 3.05) is 11.9 Å². The Labute approximate surface area is 121 Å². The van der Waals surface area contributed by atoms with Gasteiger partial charge in [-0.3, -0.25) is 0 Å². The maximum absolute atomic E-state index is 11.7. The molecule has 0 radical (unpaired) electrons. The van der Waals surface area contributed by atoms with E-state index in [1.807, 2.05) is 0 Å². The minimum atomic E-state index is -0.888. The summed E-state index contributed by atoms with van der Waals surface area (Å²) in [7, 11) is 0. The molecule has 0 saturated heterocycles. The highest BCUT2D eigenvalue weighted by Gasteiger charge is 2.13. The molecule has 0 aliphatic heterocycles. The smallest absolute Gasteiger partial charge is 0.319 e. The quantitative estimate of drug-likeness (QED) is 0.811. The van der Waals surface area contributed by atoms with Gasteiger partial charge in [-0.2, -0.15) is 0 Å². The lowest BCUT2D eigenvalue weighted by Crippen LogP contribution is -2.32. The molecule has 20 heavy (non-hydrogen) atoms. The van der Waals surface area contributed by atoms with Crippen LogP contribution < -0.4 is 10.6 Å². The Bertz CT molecular complexity index is 598. The number of furan rings is 1. The van der Waals surface area contributed by atoms with E-state index in [1.165, 1.54) is 0 Å².